The molecule has 0 heterocycles. The van der Waals surface area contributed by atoms with Crippen LogP contribution in [0.15, 0.2) is 0 Å². The molecular formula is C18H42O3Si2. The smallest absolute Gasteiger partial charge is 0.164 e. The summed E-state index contributed by atoms with van der Waals surface area (Å²) in [5.41, 5.74) is -0.216. The van der Waals surface area contributed by atoms with E-state index >= 15 is 0 Å². The molecule has 0 aromatic carbocycles. The van der Waals surface area contributed by atoms with Gasteiger partial charge in [-0.25, -0.2) is 0 Å². The first-order chi connectivity index (χ1) is 10.2. The van der Waals surface area contributed by atoms with E-state index in [4.69, 9.17) is 13.6 Å². The monoisotopic (exact) mass is 362 g/mol. The van der Waals surface area contributed by atoms with Crippen molar-refractivity contribution in [2.45, 2.75) is 93.9 Å². The molecule has 0 fully saturated rings. The van der Waals surface area contributed by atoms with Gasteiger partial charge in [0.25, 0.3) is 0 Å². The molecule has 0 rings (SSSR count). The Hall–Kier alpha value is 0.314. The van der Waals surface area contributed by atoms with Crippen LogP contribution in [0.3, 0.4) is 0 Å². The third-order valence-corrected chi connectivity index (χ3v) is 8.14. The second-order valence-corrected chi connectivity index (χ2v) is 10.3. The van der Waals surface area contributed by atoms with Gasteiger partial charge in [0.05, 0.1) is 0 Å². The van der Waals surface area contributed by atoms with Crippen LogP contribution < -0.4 is 0 Å². The maximum absolute atomic E-state index is 6.78. The van der Waals surface area contributed by atoms with E-state index in [0.29, 0.717) is 11.8 Å². The van der Waals surface area contributed by atoms with Gasteiger partial charge in [0.15, 0.2) is 31.1 Å². The lowest BCUT2D eigenvalue weighted by Crippen LogP contribution is -2.60. The molecule has 0 aromatic rings. The summed E-state index contributed by atoms with van der Waals surface area (Å²) in [5, 5.41) is 0. The van der Waals surface area contributed by atoms with E-state index in [0.717, 1.165) is 0 Å². The molecule has 0 amide bonds. The highest BCUT2D eigenvalue weighted by atomic mass is 28.2. The fraction of sp³-hybridized carbons (Fsp3) is 1.00. The Balaban J connectivity index is 5.93. The van der Waals surface area contributed by atoms with Crippen molar-refractivity contribution in [1.82, 2.24) is 0 Å². The van der Waals surface area contributed by atoms with E-state index in [1.165, 1.54) is 0 Å². The molecule has 5 heteroatoms. The Bertz CT molecular complexity index is 335. The lowest BCUT2D eigenvalue weighted by molar-refractivity contribution is -0.373. The molecule has 0 aromatic heterocycles. The van der Waals surface area contributed by atoms with Crippen LogP contribution in [-0.4, -0.2) is 31.1 Å². The molecule has 0 saturated heterocycles. The summed E-state index contributed by atoms with van der Waals surface area (Å²) >= 11 is 0. The van der Waals surface area contributed by atoms with Gasteiger partial charge in [-0.05, 0) is 25.7 Å². The molecule has 0 radical (unpaired) electrons. The summed E-state index contributed by atoms with van der Waals surface area (Å²) < 4.78 is 19.4. The van der Waals surface area contributed by atoms with E-state index in [2.05, 4.69) is 82.3 Å². The Labute approximate surface area is 150 Å². The van der Waals surface area contributed by atoms with E-state index in [1.807, 2.05) is 0 Å². The number of ether oxygens (including phenoxy) is 1. The molecule has 0 saturated carbocycles. The van der Waals surface area contributed by atoms with Crippen molar-refractivity contribution < 1.29 is 13.6 Å². The lowest BCUT2D eigenvalue weighted by atomic mass is 9.72. The van der Waals surface area contributed by atoms with Crippen LogP contribution in [0.2, 0.25) is 13.1 Å². The lowest BCUT2D eigenvalue weighted by Gasteiger charge is -2.55. The summed E-state index contributed by atoms with van der Waals surface area (Å²) in [7, 11) is -1.23. The van der Waals surface area contributed by atoms with Crippen molar-refractivity contribution >= 4 is 19.5 Å². The maximum atomic E-state index is 6.78. The zero-order chi connectivity index (χ0) is 18.7. The molecule has 0 spiro atoms. The van der Waals surface area contributed by atoms with Gasteiger partial charge in [-0.2, -0.15) is 0 Å². The largest absolute Gasteiger partial charge is 0.397 e. The van der Waals surface area contributed by atoms with Gasteiger partial charge in [-0.3, -0.25) is 0 Å². The number of rotatable bonds is 10. The molecular weight excluding hydrogens is 320 g/mol. The minimum absolute atomic E-state index is 0.108. The Morgan fingerprint density at radius 1 is 0.609 bits per heavy atom. The predicted octanol–water partition coefficient (Wildman–Crippen LogP) is 4.10. The van der Waals surface area contributed by atoms with Crippen molar-refractivity contribution in [3.05, 3.63) is 0 Å². The van der Waals surface area contributed by atoms with E-state index in [1.54, 1.807) is 0 Å². The highest BCUT2D eigenvalue weighted by Crippen LogP contribution is 2.49. The fourth-order valence-electron chi connectivity index (χ4n) is 2.67. The van der Waals surface area contributed by atoms with Crippen LogP contribution in [0.25, 0.3) is 0 Å². The molecule has 0 aliphatic rings. The van der Waals surface area contributed by atoms with Crippen LogP contribution in [0.5, 0.6) is 0 Å². The highest BCUT2D eigenvalue weighted by molar-refractivity contribution is 6.25. The van der Waals surface area contributed by atoms with Crippen LogP contribution in [0.4, 0.5) is 0 Å². The molecule has 3 nitrogen and oxygen atoms in total. The Morgan fingerprint density at radius 3 is 1.04 bits per heavy atom. The third kappa shape index (κ3) is 4.69. The summed E-state index contributed by atoms with van der Waals surface area (Å²) in [6.07, 6.45) is 0. The molecule has 0 aliphatic carbocycles. The second-order valence-electron chi connectivity index (χ2n) is 8.61. The highest BCUT2D eigenvalue weighted by Gasteiger charge is 2.54. The average Bonchev–Trinajstić information content (AvgIpc) is 2.38. The summed E-state index contributed by atoms with van der Waals surface area (Å²) in [6.45, 7) is 26.5. The molecule has 23 heavy (non-hydrogen) atoms. The first-order valence-electron chi connectivity index (χ1n) is 9.19. The van der Waals surface area contributed by atoms with E-state index in [9.17, 15) is 0 Å². The molecule has 0 N–H and O–H groups in total. The normalized spacial score (nSPS) is 20.1. The molecule has 0 aliphatic heterocycles. The summed E-state index contributed by atoms with van der Waals surface area (Å²) in [6, 6.07) is 0. The zero-order valence-corrected chi connectivity index (χ0v) is 20.6. The van der Waals surface area contributed by atoms with E-state index < -0.39 is 31.1 Å². The van der Waals surface area contributed by atoms with E-state index in [-0.39, 0.29) is 10.8 Å². The topological polar surface area (TPSA) is 27.7 Å². The molecule has 2 atom stereocenters. The third-order valence-electron chi connectivity index (χ3n) is 6.46. The van der Waals surface area contributed by atoms with Gasteiger partial charge in [0.2, 0.25) is 0 Å². The van der Waals surface area contributed by atoms with Crippen LogP contribution in [-0.2, 0) is 13.6 Å². The predicted molar refractivity (Wildman–Crippen MR) is 106 cm³/mol. The van der Waals surface area contributed by atoms with Gasteiger partial charge in [0, 0.05) is 10.8 Å². The first kappa shape index (κ1) is 23.3. The van der Waals surface area contributed by atoms with Crippen LogP contribution >= 0.6 is 0 Å². The quantitative estimate of drug-likeness (QED) is 0.432. The average molecular weight is 363 g/mol. The molecule has 0 bridgehead atoms. The molecule has 140 valence electrons. The number of hydrogen-bond acceptors (Lipinski definition) is 3. The molecule has 2 unspecified atom stereocenters. The summed E-state index contributed by atoms with van der Waals surface area (Å²) in [4.78, 5) is 0. The second kappa shape index (κ2) is 8.13. The van der Waals surface area contributed by atoms with Crippen molar-refractivity contribution in [3.63, 3.8) is 0 Å². The van der Waals surface area contributed by atoms with Crippen LogP contribution in [0.1, 0.15) is 69.2 Å². The Morgan fingerprint density at radius 2 is 0.870 bits per heavy atom. The van der Waals surface area contributed by atoms with Gasteiger partial charge in [-0.15, -0.1) is 0 Å². The summed E-state index contributed by atoms with van der Waals surface area (Å²) in [5.74, 6) is -0.407. The van der Waals surface area contributed by atoms with Crippen molar-refractivity contribution in [2.24, 2.45) is 22.7 Å². The Kier molecular flexibility index (Phi) is 8.24. The maximum Gasteiger partial charge on any atom is 0.164 e. The van der Waals surface area contributed by atoms with Gasteiger partial charge >= 0.3 is 0 Å². The van der Waals surface area contributed by atoms with Gasteiger partial charge < -0.3 is 13.6 Å². The minimum atomic E-state index is -0.646. The standard InChI is InChI=1S/C18H42O3Si2/c1-13(2)15(5,6)17(9,20-22-11)19-18(10,21-23-12)16(7,8)14(3)4/h13-14H,22-23H2,1-12H3. The SMILES string of the molecule is C[SiH2]OC(C)(OC(C)(O[SiH2]C)C(C)(C)C(C)C)C(C)(C)C(C)C. The van der Waals surface area contributed by atoms with Gasteiger partial charge in [0.1, 0.15) is 0 Å². The minimum Gasteiger partial charge on any atom is -0.397 e. The van der Waals surface area contributed by atoms with Crippen molar-refractivity contribution in [3.8, 4) is 0 Å². The first-order valence-corrected chi connectivity index (χ1v) is 13.2. The zero-order valence-electron chi connectivity index (χ0n) is 17.8. The number of hydrogen-bond donors (Lipinski definition) is 0. The fourth-order valence-corrected chi connectivity index (χ4v) is 4.63. The van der Waals surface area contributed by atoms with Crippen LogP contribution in [0, 0.1) is 22.7 Å². The van der Waals surface area contributed by atoms with Crippen molar-refractivity contribution in [2.75, 3.05) is 0 Å². The van der Waals surface area contributed by atoms with Crippen molar-refractivity contribution in [1.29, 1.82) is 0 Å². The van der Waals surface area contributed by atoms with Gasteiger partial charge in [-0.1, -0.05) is 68.5 Å².